The zero-order valence-electron chi connectivity index (χ0n) is 8.58. The van der Waals surface area contributed by atoms with Gasteiger partial charge in [-0.05, 0) is 0 Å². The molecule has 2 aromatic rings. The summed E-state index contributed by atoms with van der Waals surface area (Å²) in [5.41, 5.74) is -0.261. The van der Waals surface area contributed by atoms with Crippen LogP contribution in [0.3, 0.4) is 0 Å². The number of carboxylic acid groups (broad SMARTS) is 1. The minimum Gasteiger partial charge on any atom is -0.541 e. The fraction of sp³-hybridized carbons (Fsp3) is 0. The predicted molar refractivity (Wildman–Crippen MR) is 50.4 cm³/mol. The van der Waals surface area contributed by atoms with E-state index in [2.05, 4.69) is 9.97 Å². The molecule has 82 valence electrons. The summed E-state index contributed by atoms with van der Waals surface area (Å²) in [5.74, 6) is -4.05. The van der Waals surface area contributed by atoms with Gasteiger partial charge in [0.25, 0.3) is 0 Å². The van der Waals surface area contributed by atoms with Crippen LogP contribution in [-0.2, 0) is 4.79 Å². The molecule has 8 heteroatoms. The van der Waals surface area contributed by atoms with Gasteiger partial charge in [0.05, 0.1) is 22.7 Å². The molecule has 5 nitrogen and oxygen atoms in total. The quantitative estimate of drug-likeness (QED) is 0.281. The van der Waals surface area contributed by atoms with Crippen LogP contribution in [0.2, 0.25) is 5.15 Å². The Hall–Kier alpha value is -0.314. The van der Waals surface area contributed by atoms with Crippen molar-refractivity contribution in [3.63, 3.8) is 0 Å². The number of hydrogen-bond donors (Lipinski definition) is 1. The van der Waals surface area contributed by atoms with E-state index in [0.29, 0.717) is 0 Å². The van der Waals surface area contributed by atoms with Crippen LogP contribution in [0.25, 0.3) is 10.9 Å². The number of carbonyl (C=O) groups is 2. The Balaban J connectivity index is 0.00000144. The SMILES string of the molecule is O=C([O-])C(=O)c1c[nH]c2c(Cl)ncc(F)c12.[K+]. The third-order valence-corrected chi connectivity index (χ3v) is 2.33. The number of rotatable bonds is 2. The van der Waals surface area contributed by atoms with Crippen LogP contribution in [-0.4, -0.2) is 21.7 Å². The first-order valence-electron chi connectivity index (χ1n) is 4.09. The van der Waals surface area contributed by atoms with Crippen molar-refractivity contribution in [1.82, 2.24) is 9.97 Å². The second-order valence-electron chi connectivity index (χ2n) is 2.97. The van der Waals surface area contributed by atoms with E-state index in [0.717, 1.165) is 12.4 Å². The van der Waals surface area contributed by atoms with E-state index in [9.17, 15) is 19.1 Å². The summed E-state index contributed by atoms with van der Waals surface area (Å²) in [7, 11) is 0. The molecular formula is C9H3ClFKN2O3. The van der Waals surface area contributed by atoms with Crippen LogP contribution >= 0.6 is 11.6 Å². The first-order chi connectivity index (χ1) is 7.52. The van der Waals surface area contributed by atoms with Crippen molar-refractivity contribution in [3.05, 3.63) is 28.9 Å². The second kappa shape index (κ2) is 5.55. The van der Waals surface area contributed by atoms with Crippen molar-refractivity contribution in [3.8, 4) is 0 Å². The zero-order valence-corrected chi connectivity index (χ0v) is 12.5. The number of hydrogen-bond acceptors (Lipinski definition) is 4. The molecule has 2 rings (SSSR count). The van der Waals surface area contributed by atoms with Gasteiger partial charge in [0.1, 0.15) is 5.97 Å². The average Bonchev–Trinajstić information content (AvgIpc) is 2.67. The van der Waals surface area contributed by atoms with E-state index in [1.807, 2.05) is 0 Å². The van der Waals surface area contributed by atoms with Crippen molar-refractivity contribution in [2.75, 3.05) is 0 Å². The Labute approximate surface area is 142 Å². The van der Waals surface area contributed by atoms with Gasteiger partial charge in [-0.3, -0.25) is 4.79 Å². The molecule has 0 aliphatic carbocycles. The molecule has 0 spiro atoms. The molecule has 2 aromatic heterocycles. The minimum absolute atomic E-state index is 0. The number of pyridine rings is 1. The first kappa shape index (κ1) is 14.7. The molecule has 0 atom stereocenters. The molecule has 0 aliphatic rings. The van der Waals surface area contributed by atoms with Crippen LogP contribution < -0.4 is 56.5 Å². The number of aromatic amines is 1. The minimum atomic E-state index is -1.91. The van der Waals surface area contributed by atoms with E-state index in [4.69, 9.17) is 11.6 Å². The van der Waals surface area contributed by atoms with Crippen LogP contribution in [0.15, 0.2) is 12.4 Å². The van der Waals surface area contributed by atoms with Crippen molar-refractivity contribution in [1.29, 1.82) is 0 Å². The number of aliphatic carboxylic acids is 1. The molecular weight excluding hydrogens is 278 g/mol. The van der Waals surface area contributed by atoms with Crippen LogP contribution in [0, 0.1) is 5.82 Å². The average molecular weight is 281 g/mol. The summed E-state index contributed by atoms with van der Waals surface area (Å²) in [6.45, 7) is 0. The molecule has 1 N–H and O–H groups in total. The fourth-order valence-corrected chi connectivity index (χ4v) is 1.56. The maximum Gasteiger partial charge on any atom is 1.00 e. The first-order valence-corrected chi connectivity index (χ1v) is 4.47. The number of H-pyrrole nitrogens is 1. The molecule has 0 saturated heterocycles. The Morgan fingerprint density at radius 2 is 2.12 bits per heavy atom. The maximum atomic E-state index is 13.4. The number of halogens is 2. The van der Waals surface area contributed by atoms with Crippen molar-refractivity contribution < 1.29 is 70.5 Å². The van der Waals surface area contributed by atoms with Gasteiger partial charge in [0.15, 0.2) is 11.0 Å². The third-order valence-electron chi connectivity index (χ3n) is 2.05. The Morgan fingerprint density at radius 1 is 1.47 bits per heavy atom. The van der Waals surface area contributed by atoms with Crippen molar-refractivity contribution in [2.24, 2.45) is 0 Å². The van der Waals surface area contributed by atoms with E-state index >= 15 is 0 Å². The number of ketones is 1. The van der Waals surface area contributed by atoms with E-state index in [-0.39, 0.29) is 73.0 Å². The van der Waals surface area contributed by atoms with Crippen LogP contribution in [0.4, 0.5) is 4.39 Å². The summed E-state index contributed by atoms with van der Waals surface area (Å²) in [4.78, 5) is 27.6. The standard InChI is InChI=1S/C9H4ClFN2O3.K/c10-8-6-5(4(11)2-13-8)3(1-12-6)7(14)9(15)16;/h1-2,12H,(H,15,16);/q;+1/p-1. The smallest absolute Gasteiger partial charge is 0.541 e. The summed E-state index contributed by atoms with van der Waals surface area (Å²) in [5, 5.41) is 10.1. The van der Waals surface area contributed by atoms with Gasteiger partial charge in [-0.25, -0.2) is 9.37 Å². The van der Waals surface area contributed by atoms with Gasteiger partial charge in [-0.1, -0.05) is 11.6 Å². The normalized spacial score (nSPS) is 10.0. The van der Waals surface area contributed by atoms with E-state index < -0.39 is 17.6 Å². The molecule has 0 amide bonds. The van der Waals surface area contributed by atoms with Gasteiger partial charge in [0, 0.05) is 6.20 Å². The molecule has 0 radical (unpaired) electrons. The molecule has 0 bridgehead atoms. The second-order valence-corrected chi connectivity index (χ2v) is 3.32. The number of carboxylic acids is 1. The van der Waals surface area contributed by atoms with Crippen molar-refractivity contribution in [2.45, 2.75) is 0 Å². The Bertz CT molecular complexity index is 614. The molecule has 17 heavy (non-hydrogen) atoms. The predicted octanol–water partition coefficient (Wildman–Crippen LogP) is -2.71. The molecule has 0 saturated carbocycles. The van der Waals surface area contributed by atoms with Crippen LogP contribution in [0.5, 0.6) is 0 Å². The molecule has 0 aromatic carbocycles. The fourth-order valence-electron chi connectivity index (χ4n) is 1.37. The number of Topliss-reactive ketones (excluding diaryl/α,β-unsaturated/α-hetero) is 1. The summed E-state index contributed by atoms with van der Waals surface area (Å²) >= 11 is 5.64. The maximum absolute atomic E-state index is 13.4. The monoisotopic (exact) mass is 280 g/mol. The number of carbonyl (C=O) groups excluding carboxylic acids is 2. The zero-order chi connectivity index (χ0) is 11.9. The largest absolute Gasteiger partial charge is 1.00 e. The van der Waals surface area contributed by atoms with Gasteiger partial charge in [0.2, 0.25) is 5.78 Å². The van der Waals surface area contributed by atoms with E-state index in [1.165, 1.54) is 0 Å². The third kappa shape index (κ3) is 2.59. The molecule has 0 unspecified atom stereocenters. The van der Waals surface area contributed by atoms with E-state index in [1.54, 1.807) is 0 Å². The Morgan fingerprint density at radius 3 is 2.71 bits per heavy atom. The van der Waals surface area contributed by atoms with Gasteiger partial charge in [-0.15, -0.1) is 0 Å². The van der Waals surface area contributed by atoms with Crippen LogP contribution in [0.1, 0.15) is 10.4 Å². The number of fused-ring (bicyclic) bond motifs is 1. The number of nitrogens with zero attached hydrogens (tertiary/aromatic N) is 1. The van der Waals surface area contributed by atoms with Crippen molar-refractivity contribution >= 4 is 34.3 Å². The number of nitrogens with one attached hydrogen (secondary N) is 1. The van der Waals surface area contributed by atoms with Gasteiger partial charge >= 0.3 is 51.4 Å². The molecule has 0 aliphatic heterocycles. The molecule has 0 fully saturated rings. The van der Waals surface area contributed by atoms with Gasteiger partial charge < -0.3 is 14.9 Å². The number of aromatic nitrogens is 2. The molecule has 2 heterocycles. The summed E-state index contributed by atoms with van der Waals surface area (Å²) in [6.07, 6.45) is 1.87. The Kier molecular flexibility index (Phi) is 4.82. The topological polar surface area (TPSA) is 85.9 Å². The van der Waals surface area contributed by atoms with Gasteiger partial charge in [-0.2, -0.15) is 0 Å². The summed E-state index contributed by atoms with van der Waals surface area (Å²) in [6, 6.07) is 0. The summed E-state index contributed by atoms with van der Waals surface area (Å²) < 4.78 is 13.4.